The first-order valence-electron chi connectivity index (χ1n) is 9.58. The Morgan fingerprint density at radius 3 is 2.67 bits per heavy atom. The van der Waals surface area contributed by atoms with Crippen LogP contribution in [0.15, 0.2) is 85.7 Å². The number of amides is 1. The molecule has 0 bridgehead atoms. The number of fused-ring (bicyclic) bond motifs is 1. The van der Waals surface area contributed by atoms with Crippen molar-refractivity contribution in [3.05, 3.63) is 103 Å². The van der Waals surface area contributed by atoms with E-state index in [0.29, 0.717) is 12.1 Å². The highest BCUT2D eigenvalue weighted by atomic mass is 16.1. The fourth-order valence-electron chi connectivity index (χ4n) is 3.49. The number of anilines is 1. The largest absolute Gasteiger partial charge is 0.345 e. The lowest BCUT2D eigenvalue weighted by Crippen LogP contribution is -2.24. The summed E-state index contributed by atoms with van der Waals surface area (Å²) in [5, 5.41) is 2.98. The van der Waals surface area contributed by atoms with Gasteiger partial charge in [0.1, 0.15) is 0 Å². The average Bonchev–Trinajstić information content (AvgIpc) is 3.44. The van der Waals surface area contributed by atoms with Crippen LogP contribution in [0, 0.1) is 0 Å². The number of H-pyrrole nitrogens is 2. The minimum Gasteiger partial charge on any atom is -0.345 e. The van der Waals surface area contributed by atoms with Gasteiger partial charge in [-0.25, -0.2) is 9.97 Å². The van der Waals surface area contributed by atoms with Crippen molar-refractivity contribution in [1.29, 1.82) is 0 Å². The molecule has 1 aromatic carbocycles. The van der Waals surface area contributed by atoms with Crippen LogP contribution in [0.3, 0.4) is 0 Å². The van der Waals surface area contributed by atoms with Crippen LogP contribution in [0.5, 0.6) is 0 Å². The second kappa shape index (κ2) is 7.63. The molecule has 1 amide bonds. The zero-order valence-corrected chi connectivity index (χ0v) is 16.0. The molecule has 0 atom stereocenters. The van der Waals surface area contributed by atoms with Crippen LogP contribution < -0.4 is 9.72 Å². The molecule has 3 N–H and O–H groups in total. The summed E-state index contributed by atoms with van der Waals surface area (Å²) in [5.74, 6) is 0.726. The Morgan fingerprint density at radius 1 is 1.00 bits per heavy atom. The molecule has 146 valence electrons. The van der Waals surface area contributed by atoms with Crippen molar-refractivity contribution in [2.45, 2.75) is 6.42 Å². The van der Waals surface area contributed by atoms with Gasteiger partial charge < -0.3 is 10.3 Å². The molecule has 0 aliphatic rings. The number of nitrogens with one attached hydrogen (secondary N) is 3. The Morgan fingerprint density at radius 2 is 1.90 bits per heavy atom. The zero-order valence-electron chi connectivity index (χ0n) is 16.0. The van der Waals surface area contributed by atoms with Crippen LogP contribution in [0.25, 0.3) is 16.8 Å². The summed E-state index contributed by atoms with van der Waals surface area (Å²) in [6.45, 7) is 0. The van der Waals surface area contributed by atoms with Crippen LogP contribution in [-0.2, 0) is 6.42 Å². The smallest absolute Gasteiger partial charge is 0.299 e. The van der Waals surface area contributed by atoms with Gasteiger partial charge in [0.05, 0.1) is 30.8 Å². The lowest BCUT2D eigenvalue weighted by Gasteiger charge is -2.04. The maximum Gasteiger partial charge on any atom is 0.299 e. The van der Waals surface area contributed by atoms with E-state index in [1.165, 1.54) is 0 Å². The third kappa shape index (κ3) is 3.44. The van der Waals surface area contributed by atoms with E-state index in [1.54, 1.807) is 18.7 Å². The van der Waals surface area contributed by atoms with Crippen LogP contribution >= 0.6 is 0 Å². The standard InChI is InChI=1S/C23H18N6O/c30-23(27-18-8-6-17(7-9-18)19-14-25-15-26-19)22-20-5-1-2-11-29(20)21(28-22)12-16-4-3-10-24-13-16/h1-11,13-15H,12H2,(H2,25,26,27,30)/p+1. The van der Waals surface area contributed by atoms with Crippen LogP contribution in [-0.4, -0.2) is 25.8 Å². The summed E-state index contributed by atoms with van der Waals surface area (Å²) in [7, 11) is 0. The van der Waals surface area contributed by atoms with E-state index in [9.17, 15) is 4.79 Å². The quantitative estimate of drug-likeness (QED) is 0.399. The van der Waals surface area contributed by atoms with Crippen molar-refractivity contribution in [1.82, 2.24) is 19.9 Å². The van der Waals surface area contributed by atoms with E-state index < -0.39 is 0 Å². The van der Waals surface area contributed by atoms with E-state index in [2.05, 4.69) is 25.3 Å². The van der Waals surface area contributed by atoms with Crippen molar-refractivity contribution < 1.29 is 9.20 Å². The van der Waals surface area contributed by atoms with Crippen molar-refractivity contribution >= 4 is 17.1 Å². The van der Waals surface area contributed by atoms with Crippen molar-refractivity contribution in [2.75, 3.05) is 5.32 Å². The van der Waals surface area contributed by atoms with E-state index in [-0.39, 0.29) is 5.91 Å². The molecular weight excluding hydrogens is 376 g/mol. The van der Waals surface area contributed by atoms with E-state index in [1.807, 2.05) is 71.4 Å². The molecule has 0 aliphatic heterocycles. The summed E-state index contributed by atoms with van der Waals surface area (Å²) in [6, 6.07) is 17.4. The molecule has 0 spiro atoms. The highest BCUT2D eigenvalue weighted by Crippen LogP contribution is 2.19. The minimum atomic E-state index is -0.189. The Hall–Kier alpha value is -4.26. The third-order valence-electron chi connectivity index (χ3n) is 4.95. The molecule has 5 rings (SSSR count). The first-order chi connectivity index (χ1) is 14.8. The van der Waals surface area contributed by atoms with E-state index >= 15 is 0 Å². The summed E-state index contributed by atoms with van der Waals surface area (Å²) in [6.07, 6.45) is 9.58. The first-order valence-corrected chi connectivity index (χ1v) is 9.58. The molecule has 4 heterocycles. The Kier molecular flexibility index (Phi) is 4.53. The molecule has 4 aromatic heterocycles. The van der Waals surface area contributed by atoms with E-state index in [4.69, 9.17) is 0 Å². The minimum absolute atomic E-state index is 0.189. The maximum absolute atomic E-state index is 13.0. The second-order valence-corrected chi connectivity index (χ2v) is 6.94. The zero-order chi connectivity index (χ0) is 20.3. The van der Waals surface area contributed by atoms with Gasteiger partial charge in [0.2, 0.25) is 5.69 Å². The Balaban J connectivity index is 1.42. The second-order valence-electron chi connectivity index (χ2n) is 6.94. The molecule has 7 nitrogen and oxygen atoms in total. The molecule has 0 radical (unpaired) electrons. The third-order valence-corrected chi connectivity index (χ3v) is 4.95. The number of rotatable bonds is 5. The molecule has 5 aromatic rings. The summed E-state index contributed by atoms with van der Waals surface area (Å²) >= 11 is 0. The van der Waals surface area contributed by atoms with Crippen LogP contribution in [0.2, 0.25) is 0 Å². The van der Waals surface area contributed by atoms with Crippen molar-refractivity contribution in [2.24, 2.45) is 0 Å². The molecule has 30 heavy (non-hydrogen) atoms. The fraction of sp³-hybridized carbons (Fsp3) is 0.0435. The topological polar surface area (TPSA) is 90.6 Å². The predicted molar refractivity (Wildman–Crippen MR) is 113 cm³/mol. The van der Waals surface area contributed by atoms with Crippen LogP contribution in [0.1, 0.15) is 21.9 Å². The van der Waals surface area contributed by atoms with Crippen LogP contribution in [0.4, 0.5) is 5.69 Å². The lowest BCUT2D eigenvalue weighted by molar-refractivity contribution is -0.520. The van der Waals surface area contributed by atoms with Gasteiger partial charge >= 0.3 is 0 Å². The normalized spacial score (nSPS) is 10.9. The number of hydrogen-bond donors (Lipinski definition) is 3. The number of hydrogen-bond acceptors (Lipinski definition) is 3. The van der Waals surface area contributed by atoms with Gasteiger partial charge in [0.15, 0.2) is 5.52 Å². The van der Waals surface area contributed by atoms with E-state index in [0.717, 1.165) is 33.8 Å². The number of carbonyl (C=O) groups excluding carboxylic acids is 1. The van der Waals surface area contributed by atoms with Gasteiger partial charge in [0.25, 0.3) is 11.7 Å². The predicted octanol–water partition coefficient (Wildman–Crippen LogP) is 3.38. The van der Waals surface area contributed by atoms with Gasteiger partial charge in [-0.15, -0.1) is 0 Å². The molecule has 0 saturated heterocycles. The van der Waals surface area contributed by atoms with Gasteiger partial charge in [0, 0.05) is 18.1 Å². The number of aromatic nitrogens is 5. The molecule has 0 fully saturated rings. The van der Waals surface area contributed by atoms with Gasteiger partial charge in [-0.05, 0) is 41.5 Å². The Bertz CT molecular complexity index is 1290. The summed E-state index contributed by atoms with van der Waals surface area (Å²) < 4.78 is 2.00. The molecule has 7 heteroatoms. The molecule has 0 aliphatic carbocycles. The average molecular weight is 395 g/mol. The molecule has 0 unspecified atom stereocenters. The number of aromatic amines is 2. The molecule has 0 saturated carbocycles. The monoisotopic (exact) mass is 395 g/mol. The number of nitrogens with zero attached hydrogens (tertiary/aromatic N) is 3. The van der Waals surface area contributed by atoms with Gasteiger partial charge in [-0.2, -0.15) is 4.40 Å². The molecular formula is C23H19N6O+. The van der Waals surface area contributed by atoms with Gasteiger partial charge in [-0.1, -0.05) is 24.3 Å². The fourth-order valence-corrected chi connectivity index (χ4v) is 3.49. The first kappa shape index (κ1) is 17.8. The van der Waals surface area contributed by atoms with Crippen molar-refractivity contribution in [3.8, 4) is 11.3 Å². The summed E-state index contributed by atoms with van der Waals surface area (Å²) in [4.78, 5) is 27.6. The highest BCUT2D eigenvalue weighted by molar-refractivity contribution is 6.06. The number of carbonyl (C=O) groups is 1. The Labute approximate surface area is 172 Å². The SMILES string of the molecule is O=C(Nc1ccc(-c2cnc[nH]2)cc1)c1[nH]c(Cc2cccnc2)[n+]2ccccc12. The maximum atomic E-state index is 13.0. The highest BCUT2D eigenvalue weighted by Gasteiger charge is 2.24. The number of benzene rings is 1. The summed E-state index contributed by atoms with van der Waals surface area (Å²) in [5.41, 5.74) is 5.07. The lowest BCUT2D eigenvalue weighted by atomic mass is 10.1. The number of pyridine rings is 2. The van der Waals surface area contributed by atoms with Gasteiger partial charge in [-0.3, -0.25) is 9.78 Å². The number of imidazole rings is 2. The van der Waals surface area contributed by atoms with Crippen molar-refractivity contribution in [3.63, 3.8) is 0 Å².